The highest BCUT2D eigenvalue weighted by atomic mass is 35.5. The second-order valence-corrected chi connectivity index (χ2v) is 6.21. The molecular formula is C15H11ClN4OS. The van der Waals surface area contributed by atoms with E-state index in [9.17, 15) is 4.79 Å². The number of aromatic nitrogens is 2. The molecule has 5 nitrogen and oxygen atoms in total. The van der Waals surface area contributed by atoms with Gasteiger partial charge in [0.05, 0.1) is 32.6 Å². The van der Waals surface area contributed by atoms with Crippen molar-refractivity contribution in [2.45, 2.75) is 0 Å². The molecule has 3 heterocycles. The monoisotopic (exact) mass is 330 g/mol. The molecule has 3 aromatic rings. The number of thiazole rings is 1. The standard InChI is InChI=1S/C15H11ClN4OS/c16-11-3-4-17-8-13(11)20-6-5-19(15(20)21)10-1-2-12-14(7-10)22-9-18-12/h1-4,7-9H,5-6H2. The number of carbonyl (C=O) groups excluding carboxylic acids is 1. The first-order valence-corrected chi connectivity index (χ1v) is 8.01. The molecule has 0 atom stereocenters. The molecule has 0 bridgehead atoms. The van der Waals surface area contributed by atoms with Crippen molar-refractivity contribution in [2.75, 3.05) is 22.9 Å². The van der Waals surface area contributed by atoms with E-state index in [-0.39, 0.29) is 6.03 Å². The van der Waals surface area contributed by atoms with Gasteiger partial charge in [0, 0.05) is 25.0 Å². The summed E-state index contributed by atoms with van der Waals surface area (Å²) in [4.78, 5) is 24.4. The lowest BCUT2D eigenvalue weighted by Crippen LogP contribution is -2.31. The van der Waals surface area contributed by atoms with E-state index >= 15 is 0 Å². The van der Waals surface area contributed by atoms with E-state index < -0.39 is 0 Å². The van der Waals surface area contributed by atoms with Gasteiger partial charge in [0.2, 0.25) is 0 Å². The van der Waals surface area contributed by atoms with Crippen LogP contribution in [0.5, 0.6) is 0 Å². The van der Waals surface area contributed by atoms with Crippen molar-refractivity contribution < 1.29 is 4.79 Å². The number of benzene rings is 1. The quantitative estimate of drug-likeness (QED) is 0.718. The Morgan fingerprint density at radius 1 is 1.18 bits per heavy atom. The first-order valence-electron chi connectivity index (χ1n) is 6.76. The number of fused-ring (bicyclic) bond motifs is 1. The van der Waals surface area contributed by atoms with Crippen molar-refractivity contribution in [1.82, 2.24) is 9.97 Å². The van der Waals surface area contributed by atoms with Gasteiger partial charge in [-0.15, -0.1) is 11.3 Å². The summed E-state index contributed by atoms with van der Waals surface area (Å²) in [6.45, 7) is 1.21. The van der Waals surface area contributed by atoms with E-state index in [1.165, 1.54) is 0 Å². The number of pyridine rings is 1. The van der Waals surface area contributed by atoms with Gasteiger partial charge < -0.3 is 0 Å². The van der Waals surface area contributed by atoms with Gasteiger partial charge in [-0.3, -0.25) is 14.8 Å². The van der Waals surface area contributed by atoms with Gasteiger partial charge in [-0.05, 0) is 24.3 Å². The van der Waals surface area contributed by atoms with Crippen LogP contribution in [0.1, 0.15) is 0 Å². The van der Waals surface area contributed by atoms with Crippen molar-refractivity contribution >= 4 is 50.6 Å². The molecule has 0 spiro atoms. The summed E-state index contributed by atoms with van der Waals surface area (Å²) in [5.74, 6) is 0. The number of anilines is 2. The third kappa shape index (κ3) is 2.12. The Kier molecular flexibility index (Phi) is 3.20. The SMILES string of the molecule is O=C1N(c2ccc3ncsc3c2)CCN1c1cnccc1Cl. The predicted molar refractivity (Wildman–Crippen MR) is 89.0 cm³/mol. The Morgan fingerprint density at radius 2 is 2.05 bits per heavy atom. The fraction of sp³-hybridized carbons (Fsp3) is 0.133. The minimum Gasteiger partial charge on any atom is -0.292 e. The van der Waals surface area contributed by atoms with Crippen LogP contribution in [0.4, 0.5) is 16.2 Å². The Hall–Kier alpha value is -2.18. The molecule has 2 amide bonds. The molecular weight excluding hydrogens is 320 g/mol. The maximum absolute atomic E-state index is 12.7. The molecule has 1 saturated heterocycles. The number of hydrogen-bond donors (Lipinski definition) is 0. The van der Waals surface area contributed by atoms with Crippen LogP contribution in [-0.4, -0.2) is 29.1 Å². The zero-order valence-electron chi connectivity index (χ0n) is 11.4. The van der Waals surface area contributed by atoms with E-state index in [1.54, 1.807) is 39.6 Å². The van der Waals surface area contributed by atoms with E-state index in [2.05, 4.69) is 9.97 Å². The van der Waals surface area contributed by atoms with Gasteiger partial charge in [0.1, 0.15) is 0 Å². The number of amides is 2. The van der Waals surface area contributed by atoms with E-state index in [1.807, 2.05) is 23.7 Å². The van der Waals surface area contributed by atoms with Crippen molar-refractivity contribution in [3.63, 3.8) is 0 Å². The topological polar surface area (TPSA) is 49.3 Å². The zero-order valence-corrected chi connectivity index (χ0v) is 13.0. The molecule has 4 rings (SSSR count). The molecule has 2 aromatic heterocycles. The number of halogens is 1. The number of carbonyl (C=O) groups is 1. The Bertz CT molecular complexity index is 865. The van der Waals surface area contributed by atoms with Crippen molar-refractivity contribution in [2.24, 2.45) is 0 Å². The molecule has 0 saturated carbocycles. The average molecular weight is 331 g/mol. The van der Waals surface area contributed by atoms with E-state index in [4.69, 9.17) is 11.6 Å². The minimum atomic E-state index is -0.0845. The van der Waals surface area contributed by atoms with Crippen LogP contribution < -0.4 is 9.80 Å². The summed E-state index contributed by atoms with van der Waals surface area (Å²) in [6, 6.07) is 7.47. The summed E-state index contributed by atoms with van der Waals surface area (Å²) in [7, 11) is 0. The van der Waals surface area contributed by atoms with Crippen molar-refractivity contribution in [3.8, 4) is 0 Å². The summed E-state index contributed by atoms with van der Waals surface area (Å²) in [6.07, 6.45) is 3.23. The molecule has 1 aliphatic rings. The molecule has 1 aliphatic heterocycles. The van der Waals surface area contributed by atoms with Crippen LogP contribution >= 0.6 is 22.9 Å². The van der Waals surface area contributed by atoms with Crippen LogP contribution in [0.25, 0.3) is 10.2 Å². The van der Waals surface area contributed by atoms with Crippen molar-refractivity contribution in [3.05, 3.63) is 47.2 Å². The molecule has 0 N–H and O–H groups in total. The molecule has 1 fully saturated rings. The summed E-state index contributed by atoms with van der Waals surface area (Å²) < 4.78 is 1.07. The predicted octanol–water partition coefficient (Wildman–Crippen LogP) is 3.79. The molecule has 110 valence electrons. The average Bonchev–Trinajstić information content (AvgIpc) is 3.13. The summed E-state index contributed by atoms with van der Waals surface area (Å²) in [5.41, 5.74) is 4.29. The molecule has 7 heteroatoms. The highest BCUT2D eigenvalue weighted by molar-refractivity contribution is 7.16. The van der Waals surface area contributed by atoms with Crippen LogP contribution in [0.3, 0.4) is 0 Å². The summed E-state index contributed by atoms with van der Waals surface area (Å²) >= 11 is 7.74. The highest BCUT2D eigenvalue weighted by Gasteiger charge is 2.32. The van der Waals surface area contributed by atoms with Gasteiger partial charge in [0.15, 0.2) is 0 Å². The van der Waals surface area contributed by atoms with Crippen LogP contribution in [-0.2, 0) is 0 Å². The third-order valence-electron chi connectivity index (χ3n) is 3.67. The van der Waals surface area contributed by atoms with Gasteiger partial charge in [0.25, 0.3) is 0 Å². The zero-order chi connectivity index (χ0) is 15.1. The molecule has 0 aliphatic carbocycles. The lowest BCUT2D eigenvalue weighted by atomic mass is 10.3. The third-order valence-corrected chi connectivity index (χ3v) is 4.79. The highest BCUT2D eigenvalue weighted by Crippen LogP contribution is 2.31. The van der Waals surface area contributed by atoms with Gasteiger partial charge >= 0.3 is 6.03 Å². The van der Waals surface area contributed by atoms with Crippen molar-refractivity contribution in [1.29, 1.82) is 0 Å². The Morgan fingerprint density at radius 3 is 2.91 bits per heavy atom. The number of rotatable bonds is 2. The minimum absolute atomic E-state index is 0.0845. The van der Waals surface area contributed by atoms with Gasteiger partial charge in [-0.25, -0.2) is 9.78 Å². The second-order valence-electron chi connectivity index (χ2n) is 4.92. The smallest absolute Gasteiger partial charge is 0.292 e. The first kappa shape index (κ1) is 13.5. The van der Waals surface area contributed by atoms with E-state index in [0.29, 0.717) is 23.8 Å². The summed E-state index contributed by atoms with van der Waals surface area (Å²) in [5, 5.41) is 0.531. The van der Waals surface area contributed by atoms with Gasteiger partial charge in [-0.1, -0.05) is 11.6 Å². The Balaban J connectivity index is 1.67. The first-order chi connectivity index (χ1) is 10.7. The fourth-order valence-electron chi connectivity index (χ4n) is 2.58. The molecule has 22 heavy (non-hydrogen) atoms. The normalized spacial score (nSPS) is 15.0. The lowest BCUT2D eigenvalue weighted by Gasteiger charge is -2.19. The maximum atomic E-state index is 12.7. The number of hydrogen-bond acceptors (Lipinski definition) is 4. The largest absolute Gasteiger partial charge is 0.329 e. The number of urea groups is 1. The van der Waals surface area contributed by atoms with Gasteiger partial charge in [-0.2, -0.15) is 0 Å². The fourth-order valence-corrected chi connectivity index (χ4v) is 3.50. The molecule has 1 aromatic carbocycles. The Labute approximate surface area is 135 Å². The van der Waals surface area contributed by atoms with Crippen LogP contribution in [0.15, 0.2) is 42.2 Å². The molecule has 0 radical (unpaired) electrons. The maximum Gasteiger partial charge on any atom is 0.329 e. The molecule has 0 unspecified atom stereocenters. The van der Waals surface area contributed by atoms with Crippen LogP contribution in [0.2, 0.25) is 5.02 Å². The second kappa shape index (κ2) is 5.23. The number of nitrogens with zero attached hydrogens (tertiary/aromatic N) is 4. The van der Waals surface area contributed by atoms with Crippen LogP contribution in [0, 0.1) is 0 Å². The van der Waals surface area contributed by atoms with E-state index in [0.717, 1.165) is 15.9 Å². The lowest BCUT2D eigenvalue weighted by molar-refractivity contribution is 0.256.